The van der Waals surface area contributed by atoms with Gasteiger partial charge in [0.1, 0.15) is 5.75 Å². The van der Waals surface area contributed by atoms with Crippen molar-refractivity contribution in [2.45, 2.75) is 19.4 Å². The summed E-state index contributed by atoms with van der Waals surface area (Å²) >= 11 is 5.85. The highest BCUT2D eigenvalue weighted by atomic mass is 35.5. The minimum absolute atomic E-state index is 0.169. The number of piperidine rings is 1. The number of nitrogens with zero attached hydrogens (tertiary/aromatic N) is 1. The standard InChI is InChI=1S/C21H26ClN3O2/c1-27-20-8-2-17(3-9-20)15-25-12-10-16(11-13-25)14-23-21(26)24-19-6-4-18(22)5-7-19/h2-9,16H,10-15H2,1H3,(H2,23,24,26). The lowest BCUT2D eigenvalue weighted by atomic mass is 9.96. The molecule has 1 heterocycles. The highest BCUT2D eigenvalue weighted by Crippen LogP contribution is 2.20. The molecule has 0 radical (unpaired) electrons. The molecule has 5 nitrogen and oxygen atoms in total. The third-order valence-electron chi connectivity index (χ3n) is 4.93. The number of amides is 2. The first-order chi connectivity index (χ1) is 13.1. The molecule has 0 atom stereocenters. The lowest BCUT2D eigenvalue weighted by molar-refractivity contribution is 0.175. The molecule has 2 aromatic carbocycles. The molecule has 0 saturated carbocycles. The number of halogens is 1. The summed E-state index contributed by atoms with van der Waals surface area (Å²) in [5.41, 5.74) is 2.04. The Balaban J connectivity index is 1.36. The van der Waals surface area contributed by atoms with Crippen LogP contribution in [-0.2, 0) is 6.54 Å². The number of nitrogens with one attached hydrogen (secondary N) is 2. The summed E-state index contributed by atoms with van der Waals surface area (Å²) in [6.07, 6.45) is 2.19. The number of hydrogen-bond donors (Lipinski definition) is 2. The van der Waals surface area contributed by atoms with Crippen LogP contribution in [-0.4, -0.2) is 37.7 Å². The Labute approximate surface area is 165 Å². The minimum Gasteiger partial charge on any atom is -0.497 e. The number of rotatable bonds is 6. The molecule has 0 unspecified atom stereocenters. The summed E-state index contributed by atoms with van der Waals surface area (Å²) in [5, 5.41) is 6.46. The molecular formula is C21H26ClN3O2. The van der Waals surface area contributed by atoms with Crippen molar-refractivity contribution in [1.82, 2.24) is 10.2 Å². The van der Waals surface area contributed by atoms with Crippen molar-refractivity contribution in [1.29, 1.82) is 0 Å². The van der Waals surface area contributed by atoms with Crippen molar-refractivity contribution in [3.05, 3.63) is 59.1 Å². The third kappa shape index (κ3) is 6.15. The van der Waals surface area contributed by atoms with Gasteiger partial charge in [0.2, 0.25) is 0 Å². The fourth-order valence-corrected chi connectivity index (χ4v) is 3.41. The van der Waals surface area contributed by atoms with Gasteiger partial charge >= 0.3 is 6.03 Å². The van der Waals surface area contributed by atoms with Crippen LogP contribution in [0.5, 0.6) is 5.75 Å². The molecule has 0 bridgehead atoms. The maximum atomic E-state index is 12.0. The van der Waals surface area contributed by atoms with Crippen LogP contribution in [0.4, 0.5) is 10.5 Å². The Morgan fingerprint density at radius 1 is 1.11 bits per heavy atom. The zero-order valence-electron chi connectivity index (χ0n) is 15.6. The molecule has 0 aliphatic carbocycles. The SMILES string of the molecule is COc1ccc(CN2CCC(CNC(=O)Nc3ccc(Cl)cc3)CC2)cc1. The predicted octanol–water partition coefficient (Wildman–Crippen LogP) is 4.38. The number of carbonyl (C=O) groups is 1. The van der Waals surface area contributed by atoms with E-state index in [0.717, 1.165) is 43.9 Å². The van der Waals surface area contributed by atoms with E-state index in [-0.39, 0.29) is 6.03 Å². The second-order valence-electron chi connectivity index (χ2n) is 6.91. The van der Waals surface area contributed by atoms with Gasteiger partial charge < -0.3 is 15.4 Å². The van der Waals surface area contributed by atoms with Crippen LogP contribution in [0, 0.1) is 5.92 Å². The second kappa shape index (κ2) is 9.62. The van der Waals surface area contributed by atoms with Gasteiger partial charge in [0.25, 0.3) is 0 Å². The molecule has 6 heteroatoms. The van der Waals surface area contributed by atoms with Gasteiger partial charge in [-0.15, -0.1) is 0 Å². The van der Waals surface area contributed by atoms with Crippen molar-refractivity contribution in [2.75, 3.05) is 32.1 Å². The van der Waals surface area contributed by atoms with E-state index in [0.29, 0.717) is 17.5 Å². The molecule has 27 heavy (non-hydrogen) atoms. The molecule has 0 aromatic heterocycles. The number of benzene rings is 2. The van der Waals surface area contributed by atoms with E-state index in [2.05, 4.69) is 27.7 Å². The quantitative estimate of drug-likeness (QED) is 0.773. The van der Waals surface area contributed by atoms with Crippen LogP contribution >= 0.6 is 11.6 Å². The molecule has 2 amide bonds. The Kier molecular flexibility index (Phi) is 6.96. The summed E-state index contributed by atoms with van der Waals surface area (Å²) in [6, 6.07) is 15.2. The van der Waals surface area contributed by atoms with Crippen LogP contribution < -0.4 is 15.4 Å². The molecule has 144 valence electrons. The van der Waals surface area contributed by atoms with E-state index < -0.39 is 0 Å². The van der Waals surface area contributed by atoms with E-state index in [1.807, 2.05) is 12.1 Å². The van der Waals surface area contributed by atoms with Crippen molar-refractivity contribution in [3.8, 4) is 5.75 Å². The van der Waals surface area contributed by atoms with Crippen LogP contribution in [0.15, 0.2) is 48.5 Å². The fourth-order valence-electron chi connectivity index (χ4n) is 3.28. The molecule has 0 spiro atoms. The maximum absolute atomic E-state index is 12.0. The Hall–Kier alpha value is -2.24. The first kappa shape index (κ1) is 19.5. The Morgan fingerprint density at radius 2 is 1.78 bits per heavy atom. The minimum atomic E-state index is -0.169. The van der Waals surface area contributed by atoms with Gasteiger partial charge in [-0.1, -0.05) is 23.7 Å². The van der Waals surface area contributed by atoms with Gasteiger partial charge in [0.15, 0.2) is 0 Å². The summed E-state index contributed by atoms with van der Waals surface area (Å²) in [7, 11) is 1.68. The summed E-state index contributed by atoms with van der Waals surface area (Å²) in [4.78, 5) is 14.5. The topological polar surface area (TPSA) is 53.6 Å². The Morgan fingerprint density at radius 3 is 2.41 bits per heavy atom. The average molecular weight is 388 g/mol. The zero-order chi connectivity index (χ0) is 19.1. The summed E-state index contributed by atoms with van der Waals surface area (Å²) < 4.78 is 5.20. The third-order valence-corrected chi connectivity index (χ3v) is 5.18. The summed E-state index contributed by atoms with van der Waals surface area (Å²) in [5.74, 6) is 1.41. The van der Waals surface area contributed by atoms with Crippen LogP contribution in [0.2, 0.25) is 5.02 Å². The van der Waals surface area contributed by atoms with Gasteiger partial charge in [0, 0.05) is 23.8 Å². The Bertz CT molecular complexity index is 726. The average Bonchev–Trinajstić information content (AvgIpc) is 2.70. The van der Waals surface area contributed by atoms with Crippen LogP contribution in [0.1, 0.15) is 18.4 Å². The molecule has 1 aliphatic heterocycles. The number of ether oxygens (including phenoxy) is 1. The van der Waals surface area contributed by atoms with Gasteiger partial charge in [-0.3, -0.25) is 4.90 Å². The molecule has 1 fully saturated rings. The monoisotopic (exact) mass is 387 g/mol. The van der Waals surface area contributed by atoms with E-state index in [1.165, 1.54) is 5.56 Å². The lowest BCUT2D eigenvalue weighted by Crippen LogP contribution is -2.39. The van der Waals surface area contributed by atoms with Gasteiger partial charge in [-0.2, -0.15) is 0 Å². The largest absolute Gasteiger partial charge is 0.497 e. The second-order valence-corrected chi connectivity index (χ2v) is 7.35. The zero-order valence-corrected chi connectivity index (χ0v) is 16.3. The first-order valence-corrected chi connectivity index (χ1v) is 9.66. The van der Waals surface area contributed by atoms with E-state index in [1.54, 1.807) is 31.4 Å². The molecule has 1 aliphatic rings. The number of anilines is 1. The normalized spacial score (nSPS) is 15.3. The van der Waals surface area contributed by atoms with E-state index >= 15 is 0 Å². The van der Waals surface area contributed by atoms with Crippen LogP contribution in [0.3, 0.4) is 0 Å². The molecule has 2 aromatic rings. The number of urea groups is 1. The fraction of sp³-hybridized carbons (Fsp3) is 0.381. The lowest BCUT2D eigenvalue weighted by Gasteiger charge is -2.32. The predicted molar refractivity (Wildman–Crippen MR) is 109 cm³/mol. The number of likely N-dealkylation sites (tertiary alicyclic amines) is 1. The van der Waals surface area contributed by atoms with Gasteiger partial charge in [0.05, 0.1) is 7.11 Å². The van der Waals surface area contributed by atoms with Crippen molar-refractivity contribution < 1.29 is 9.53 Å². The number of hydrogen-bond acceptors (Lipinski definition) is 3. The van der Waals surface area contributed by atoms with Crippen molar-refractivity contribution in [2.24, 2.45) is 5.92 Å². The first-order valence-electron chi connectivity index (χ1n) is 9.28. The smallest absolute Gasteiger partial charge is 0.319 e. The highest BCUT2D eigenvalue weighted by Gasteiger charge is 2.19. The van der Waals surface area contributed by atoms with Gasteiger partial charge in [-0.05, 0) is 73.8 Å². The van der Waals surface area contributed by atoms with Crippen LogP contribution in [0.25, 0.3) is 0 Å². The molecule has 3 rings (SSSR count). The number of methoxy groups -OCH3 is 1. The van der Waals surface area contributed by atoms with Crippen molar-refractivity contribution >= 4 is 23.3 Å². The molecule has 2 N–H and O–H groups in total. The molecule has 1 saturated heterocycles. The number of carbonyl (C=O) groups excluding carboxylic acids is 1. The van der Waals surface area contributed by atoms with Crippen molar-refractivity contribution in [3.63, 3.8) is 0 Å². The maximum Gasteiger partial charge on any atom is 0.319 e. The highest BCUT2D eigenvalue weighted by molar-refractivity contribution is 6.30. The molecular weight excluding hydrogens is 362 g/mol. The van der Waals surface area contributed by atoms with E-state index in [4.69, 9.17) is 16.3 Å². The van der Waals surface area contributed by atoms with E-state index in [9.17, 15) is 4.79 Å². The van der Waals surface area contributed by atoms with Gasteiger partial charge in [-0.25, -0.2) is 4.79 Å². The summed E-state index contributed by atoms with van der Waals surface area (Å²) in [6.45, 7) is 3.77.